The quantitative estimate of drug-likeness (QED) is 0.450. The monoisotopic (exact) mass is 395 g/mol. The lowest BCUT2D eigenvalue weighted by molar-refractivity contribution is 0.498. The molecule has 2 aromatic heterocycles. The first-order chi connectivity index (χ1) is 13.2. The van der Waals surface area contributed by atoms with Crippen molar-refractivity contribution in [2.75, 3.05) is 5.32 Å². The molecule has 4 aromatic rings. The molecule has 0 amide bonds. The Morgan fingerprint density at radius 2 is 1.78 bits per heavy atom. The SMILES string of the molecule is C[C@@H](Sc1ccc(Cl)cc1)[C@H](Nc1ccccn1)n1nnc2ccccc21. The van der Waals surface area contributed by atoms with E-state index in [1.54, 1.807) is 18.0 Å². The minimum atomic E-state index is -0.132. The first-order valence-corrected chi connectivity index (χ1v) is 9.86. The molecule has 136 valence electrons. The van der Waals surface area contributed by atoms with Crippen molar-refractivity contribution in [1.29, 1.82) is 0 Å². The Morgan fingerprint density at radius 3 is 2.56 bits per heavy atom. The van der Waals surface area contributed by atoms with E-state index in [-0.39, 0.29) is 11.4 Å². The summed E-state index contributed by atoms with van der Waals surface area (Å²) in [5, 5.41) is 13.1. The van der Waals surface area contributed by atoms with Gasteiger partial charge in [-0.05, 0) is 55.5 Å². The van der Waals surface area contributed by atoms with Gasteiger partial charge in [0.1, 0.15) is 17.5 Å². The van der Waals surface area contributed by atoms with Crippen LogP contribution in [0.1, 0.15) is 13.1 Å². The summed E-state index contributed by atoms with van der Waals surface area (Å²) < 4.78 is 1.93. The third-order valence-electron chi connectivity index (χ3n) is 4.18. The summed E-state index contributed by atoms with van der Waals surface area (Å²) in [7, 11) is 0. The third kappa shape index (κ3) is 4.07. The van der Waals surface area contributed by atoms with Crippen molar-refractivity contribution in [3.05, 3.63) is 77.9 Å². The number of nitrogens with one attached hydrogen (secondary N) is 1. The molecule has 0 fully saturated rings. The summed E-state index contributed by atoms with van der Waals surface area (Å²) >= 11 is 7.76. The fourth-order valence-corrected chi connectivity index (χ4v) is 4.02. The molecule has 0 spiro atoms. The van der Waals surface area contributed by atoms with Gasteiger partial charge in [-0.3, -0.25) is 0 Å². The average Bonchev–Trinajstić information content (AvgIpc) is 3.12. The highest BCUT2D eigenvalue weighted by atomic mass is 35.5. The van der Waals surface area contributed by atoms with Gasteiger partial charge in [-0.25, -0.2) is 9.67 Å². The van der Waals surface area contributed by atoms with Crippen LogP contribution in [0.25, 0.3) is 11.0 Å². The van der Waals surface area contributed by atoms with Gasteiger partial charge in [0, 0.05) is 21.4 Å². The Morgan fingerprint density at radius 1 is 1.00 bits per heavy atom. The van der Waals surface area contributed by atoms with E-state index in [0.29, 0.717) is 0 Å². The van der Waals surface area contributed by atoms with Crippen molar-refractivity contribution in [3.63, 3.8) is 0 Å². The minimum absolute atomic E-state index is 0.132. The number of halogens is 1. The van der Waals surface area contributed by atoms with Gasteiger partial charge in [0.25, 0.3) is 0 Å². The second-order valence-corrected chi connectivity index (χ2v) is 7.99. The van der Waals surface area contributed by atoms with E-state index in [4.69, 9.17) is 11.6 Å². The van der Waals surface area contributed by atoms with Crippen LogP contribution in [-0.4, -0.2) is 25.2 Å². The molecule has 0 aliphatic rings. The van der Waals surface area contributed by atoms with Gasteiger partial charge >= 0.3 is 0 Å². The smallest absolute Gasteiger partial charge is 0.136 e. The molecule has 0 aliphatic carbocycles. The molecule has 2 aromatic carbocycles. The molecule has 27 heavy (non-hydrogen) atoms. The summed E-state index contributed by atoms with van der Waals surface area (Å²) in [5.41, 5.74) is 1.85. The maximum atomic E-state index is 6.01. The summed E-state index contributed by atoms with van der Waals surface area (Å²) in [6, 6.07) is 21.6. The van der Waals surface area contributed by atoms with E-state index in [1.165, 1.54) is 0 Å². The second kappa shape index (κ2) is 7.98. The first-order valence-electron chi connectivity index (χ1n) is 8.60. The number of rotatable bonds is 6. The minimum Gasteiger partial charge on any atom is -0.347 e. The zero-order valence-corrected chi connectivity index (χ0v) is 16.2. The fraction of sp³-hybridized carbons (Fsp3) is 0.150. The van der Waals surface area contributed by atoms with Crippen molar-refractivity contribution >= 4 is 40.2 Å². The van der Waals surface area contributed by atoms with Gasteiger partial charge in [0.05, 0.1) is 5.52 Å². The number of pyridine rings is 1. The molecule has 5 nitrogen and oxygen atoms in total. The molecule has 7 heteroatoms. The van der Waals surface area contributed by atoms with Gasteiger partial charge in [0.2, 0.25) is 0 Å². The van der Waals surface area contributed by atoms with E-state index in [2.05, 4.69) is 27.5 Å². The molecule has 2 heterocycles. The summed E-state index contributed by atoms with van der Waals surface area (Å²) in [6.07, 6.45) is 1.64. The van der Waals surface area contributed by atoms with Crippen LogP contribution in [0.4, 0.5) is 5.82 Å². The van der Waals surface area contributed by atoms with Crippen molar-refractivity contribution in [2.24, 2.45) is 0 Å². The van der Waals surface area contributed by atoms with Crippen molar-refractivity contribution in [3.8, 4) is 0 Å². The standard InChI is InChI=1S/C20H18ClN5S/c1-14(27-16-11-9-15(21)10-12-16)20(23-19-8-4-5-13-22-19)26-18-7-3-2-6-17(18)24-25-26/h2-14,20H,1H3,(H,22,23)/t14-,20-/m1/s1. The number of nitrogens with zero attached hydrogens (tertiary/aromatic N) is 4. The van der Waals surface area contributed by atoms with Crippen LogP contribution in [0.5, 0.6) is 0 Å². The van der Waals surface area contributed by atoms with Gasteiger partial charge in [-0.2, -0.15) is 0 Å². The van der Waals surface area contributed by atoms with E-state index in [1.807, 2.05) is 71.4 Å². The van der Waals surface area contributed by atoms with Crippen molar-refractivity contribution in [1.82, 2.24) is 20.0 Å². The molecule has 0 bridgehead atoms. The van der Waals surface area contributed by atoms with Crippen molar-refractivity contribution in [2.45, 2.75) is 23.2 Å². The van der Waals surface area contributed by atoms with Crippen LogP contribution in [0.2, 0.25) is 5.02 Å². The summed E-state index contributed by atoms with van der Waals surface area (Å²) in [5.74, 6) is 0.797. The maximum Gasteiger partial charge on any atom is 0.136 e. The highest BCUT2D eigenvalue weighted by Crippen LogP contribution is 2.32. The molecule has 0 radical (unpaired) electrons. The van der Waals surface area contributed by atoms with Gasteiger partial charge < -0.3 is 5.32 Å². The largest absolute Gasteiger partial charge is 0.347 e. The lowest BCUT2D eigenvalue weighted by atomic mass is 10.3. The van der Waals surface area contributed by atoms with Crippen LogP contribution in [0.15, 0.2) is 77.8 Å². The highest BCUT2D eigenvalue weighted by Gasteiger charge is 2.23. The predicted octanol–water partition coefficient (Wildman–Crippen LogP) is 5.27. The Kier molecular flexibility index (Phi) is 5.27. The maximum absolute atomic E-state index is 6.01. The van der Waals surface area contributed by atoms with Crippen LogP contribution in [0.3, 0.4) is 0 Å². The van der Waals surface area contributed by atoms with E-state index in [9.17, 15) is 0 Å². The normalized spacial score (nSPS) is 13.4. The second-order valence-electron chi connectivity index (χ2n) is 6.10. The van der Waals surface area contributed by atoms with E-state index >= 15 is 0 Å². The van der Waals surface area contributed by atoms with Gasteiger partial charge in [0.15, 0.2) is 0 Å². The number of thioether (sulfide) groups is 1. The zero-order valence-electron chi connectivity index (χ0n) is 14.7. The van der Waals surface area contributed by atoms with Crippen LogP contribution in [-0.2, 0) is 0 Å². The fourth-order valence-electron chi connectivity index (χ4n) is 2.86. The van der Waals surface area contributed by atoms with Crippen LogP contribution >= 0.6 is 23.4 Å². The average molecular weight is 396 g/mol. The number of aromatic nitrogens is 4. The number of para-hydroxylation sites is 1. The topological polar surface area (TPSA) is 55.6 Å². The Labute approximate surface area is 166 Å². The first kappa shape index (κ1) is 17.8. The van der Waals surface area contributed by atoms with E-state index in [0.717, 1.165) is 26.8 Å². The summed E-state index contributed by atoms with van der Waals surface area (Å²) in [6.45, 7) is 2.16. The predicted molar refractivity (Wildman–Crippen MR) is 111 cm³/mol. The number of benzene rings is 2. The summed E-state index contributed by atoms with van der Waals surface area (Å²) in [4.78, 5) is 5.55. The molecule has 4 rings (SSSR count). The molecular weight excluding hydrogens is 378 g/mol. The lowest BCUT2D eigenvalue weighted by Crippen LogP contribution is -2.28. The molecule has 1 N–H and O–H groups in total. The Balaban J connectivity index is 1.67. The van der Waals surface area contributed by atoms with Gasteiger partial charge in [-0.1, -0.05) is 35.0 Å². The lowest BCUT2D eigenvalue weighted by Gasteiger charge is -2.26. The number of hydrogen-bond acceptors (Lipinski definition) is 5. The molecule has 0 saturated carbocycles. The molecule has 2 atom stereocenters. The van der Waals surface area contributed by atoms with Crippen LogP contribution < -0.4 is 5.32 Å². The number of fused-ring (bicyclic) bond motifs is 1. The number of anilines is 1. The van der Waals surface area contributed by atoms with Crippen LogP contribution in [0, 0.1) is 0 Å². The number of hydrogen-bond donors (Lipinski definition) is 1. The molecular formula is C20H18ClN5S. The Bertz CT molecular complexity index is 1020. The third-order valence-corrected chi connectivity index (χ3v) is 5.61. The zero-order chi connectivity index (χ0) is 18.6. The molecule has 0 aliphatic heterocycles. The van der Waals surface area contributed by atoms with Gasteiger partial charge in [-0.15, -0.1) is 16.9 Å². The highest BCUT2D eigenvalue weighted by molar-refractivity contribution is 8.00. The Hall–Kier alpha value is -2.57. The molecule has 0 saturated heterocycles. The van der Waals surface area contributed by atoms with Crippen molar-refractivity contribution < 1.29 is 0 Å². The molecule has 0 unspecified atom stereocenters. The van der Waals surface area contributed by atoms with E-state index < -0.39 is 0 Å².